The highest BCUT2D eigenvalue weighted by Crippen LogP contribution is 2.25. The summed E-state index contributed by atoms with van der Waals surface area (Å²) in [7, 11) is 2.35. The van der Waals surface area contributed by atoms with Gasteiger partial charge in [-0.25, -0.2) is 9.59 Å². The van der Waals surface area contributed by atoms with Gasteiger partial charge in [-0.3, -0.25) is 14.4 Å². The number of ether oxygens (including phenoxy) is 2. The maximum absolute atomic E-state index is 13.4. The highest BCUT2D eigenvalue weighted by atomic mass is 16.6. The number of nitrogens with zero attached hydrogens (tertiary/aromatic N) is 1. The Morgan fingerprint density at radius 1 is 0.978 bits per heavy atom. The molecule has 0 saturated carbocycles. The number of cyclic esters (lactones) is 1. The third-order valence-electron chi connectivity index (χ3n) is 8.24. The lowest BCUT2D eigenvalue weighted by Gasteiger charge is -2.31. The standard InChI is InChI=1S/C33H57N3O9/c1-22(2)16-14-12-10-8-7-9-11-13-15-17-23(3)30-24(4)31(41)34-25(21-37)18-19-27(39)36(5)20-26(38)35-28(32(42)45-30)29(40)33(43)44-6/h18-19,22-25,28-30,37,40H,7-17,20-21H2,1-6H3,(H,34,41)(H,35,38)/b19-18+/t23-,24-,25+,28-,29-,30-/m0/s1. The minimum Gasteiger partial charge on any atom is -0.467 e. The van der Waals surface area contributed by atoms with Gasteiger partial charge in [0.2, 0.25) is 17.7 Å². The molecular weight excluding hydrogens is 582 g/mol. The van der Waals surface area contributed by atoms with Crippen molar-refractivity contribution in [3.05, 3.63) is 12.2 Å². The van der Waals surface area contributed by atoms with E-state index in [-0.39, 0.29) is 5.92 Å². The Balaban J connectivity index is 3.00. The first kappa shape index (κ1) is 40.0. The molecule has 0 saturated heterocycles. The van der Waals surface area contributed by atoms with Crippen LogP contribution >= 0.6 is 0 Å². The first-order valence-electron chi connectivity index (χ1n) is 16.4. The third kappa shape index (κ3) is 15.2. The van der Waals surface area contributed by atoms with Gasteiger partial charge in [0.25, 0.3) is 0 Å². The lowest BCUT2D eigenvalue weighted by Crippen LogP contribution is -2.56. The molecule has 0 aliphatic carbocycles. The summed E-state index contributed by atoms with van der Waals surface area (Å²) in [4.78, 5) is 65.0. The molecule has 1 aliphatic heterocycles. The zero-order chi connectivity index (χ0) is 33.9. The fraction of sp³-hybridized carbons (Fsp3) is 0.788. The number of aliphatic hydroxyl groups excluding tert-OH is 2. The van der Waals surface area contributed by atoms with E-state index in [1.165, 1.54) is 51.6 Å². The van der Waals surface area contributed by atoms with Crippen molar-refractivity contribution in [2.24, 2.45) is 17.8 Å². The number of hydrogen-bond donors (Lipinski definition) is 4. The molecular formula is C33H57N3O9. The highest BCUT2D eigenvalue weighted by Gasteiger charge is 2.40. The van der Waals surface area contributed by atoms with Crippen molar-refractivity contribution in [3.8, 4) is 0 Å². The number of unbranched alkanes of at least 4 members (excludes halogenated alkanes) is 8. The fourth-order valence-corrected chi connectivity index (χ4v) is 5.32. The van der Waals surface area contributed by atoms with Gasteiger partial charge in [0.15, 0.2) is 12.1 Å². The van der Waals surface area contributed by atoms with Crippen molar-refractivity contribution in [2.75, 3.05) is 27.3 Å². The lowest BCUT2D eigenvalue weighted by molar-refractivity contribution is -0.169. The molecule has 0 radical (unpaired) electrons. The lowest BCUT2D eigenvalue weighted by atomic mass is 9.88. The van der Waals surface area contributed by atoms with Gasteiger partial charge < -0.3 is 35.2 Å². The Morgan fingerprint density at radius 3 is 2.07 bits per heavy atom. The van der Waals surface area contributed by atoms with Crippen molar-refractivity contribution in [1.82, 2.24) is 15.5 Å². The van der Waals surface area contributed by atoms with Crippen LogP contribution in [0.4, 0.5) is 0 Å². The molecule has 1 heterocycles. The molecule has 1 aliphatic rings. The summed E-state index contributed by atoms with van der Waals surface area (Å²) in [5.41, 5.74) is 0. The number of nitrogens with one attached hydrogen (secondary N) is 2. The molecule has 3 amide bonds. The van der Waals surface area contributed by atoms with Crippen LogP contribution in [0, 0.1) is 17.8 Å². The minimum atomic E-state index is -2.09. The Bertz CT molecular complexity index is 971. The Labute approximate surface area is 268 Å². The summed E-state index contributed by atoms with van der Waals surface area (Å²) in [6, 6.07) is -2.73. The van der Waals surface area contributed by atoms with Gasteiger partial charge in [0, 0.05) is 13.1 Å². The van der Waals surface area contributed by atoms with Gasteiger partial charge in [-0.1, -0.05) is 98.0 Å². The van der Waals surface area contributed by atoms with E-state index in [9.17, 15) is 34.2 Å². The van der Waals surface area contributed by atoms with Gasteiger partial charge in [0.1, 0.15) is 6.10 Å². The summed E-state index contributed by atoms with van der Waals surface area (Å²) in [6.45, 7) is 6.94. The number of carbonyl (C=O) groups is 5. The van der Waals surface area contributed by atoms with Crippen LogP contribution in [0.2, 0.25) is 0 Å². The Hall–Kier alpha value is -2.99. The van der Waals surface area contributed by atoms with Gasteiger partial charge in [0.05, 0.1) is 32.2 Å². The van der Waals surface area contributed by atoms with Gasteiger partial charge in [-0.2, -0.15) is 0 Å². The molecule has 0 spiro atoms. The SMILES string of the molecule is COC(=O)[C@@H](O)[C@@H]1NC(=O)CN(C)C(=O)/C=C/[C@H](CO)NC(=O)[C@@H](C)[C@H]([C@@H](C)CCCCCCCCCCCC(C)C)OC1=O. The number of amides is 3. The van der Waals surface area contributed by atoms with E-state index in [1.54, 1.807) is 6.92 Å². The molecule has 45 heavy (non-hydrogen) atoms. The summed E-state index contributed by atoms with van der Waals surface area (Å²) in [5, 5.41) is 25.3. The van der Waals surface area contributed by atoms with Crippen molar-refractivity contribution in [2.45, 2.75) is 123 Å². The summed E-state index contributed by atoms with van der Waals surface area (Å²) < 4.78 is 10.3. The largest absolute Gasteiger partial charge is 0.467 e. The second kappa shape index (κ2) is 21.7. The quantitative estimate of drug-likeness (QED) is 0.146. The first-order valence-corrected chi connectivity index (χ1v) is 16.4. The number of rotatable bonds is 16. The second-order valence-electron chi connectivity index (χ2n) is 12.7. The maximum atomic E-state index is 13.4. The van der Waals surface area contributed by atoms with Crippen LogP contribution in [0.3, 0.4) is 0 Å². The number of methoxy groups -OCH3 is 1. The van der Waals surface area contributed by atoms with Crippen LogP contribution in [0.25, 0.3) is 0 Å². The van der Waals surface area contributed by atoms with E-state index in [4.69, 9.17) is 4.74 Å². The van der Waals surface area contributed by atoms with Gasteiger partial charge >= 0.3 is 11.9 Å². The zero-order valence-electron chi connectivity index (χ0n) is 28.1. The second-order valence-corrected chi connectivity index (χ2v) is 12.7. The van der Waals surface area contributed by atoms with E-state index >= 15 is 0 Å². The minimum absolute atomic E-state index is 0.297. The van der Waals surface area contributed by atoms with E-state index < -0.39 is 73.0 Å². The van der Waals surface area contributed by atoms with Crippen LogP contribution in [-0.4, -0.2) is 96.4 Å². The number of esters is 2. The van der Waals surface area contributed by atoms with Crippen molar-refractivity contribution in [1.29, 1.82) is 0 Å². The molecule has 258 valence electrons. The van der Waals surface area contributed by atoms with Crippen LogP contribution < -0.4 is 10.6 Å². The Kier molecular flexibility index (Phi) is 19.3. The van der Waals surface area contributed by atoms with E-state index in [1.807, 2.05) is 6.92 Å². The smallest absolute Gasteiger partial charge is 0.337 e. The summed E-state index contributed by atoms with van der Waals surface area (Å²) in [6.07, 6.45) is 11.6. The molecule has 12 heteroatoms. The van der Waals surface area contributed by atoms with E-state index in [2.05, 4.69) is 29.2 Å². The number of carbonyl (C=O) groups excluding carboxylic acids is 5. The van der Waals surface area contributed by atoms with Crippen molar-refractivity contribution in [3.63, 3.8) is 0 Å². The van der Waals surface area contributed by atoms with Gasteiger partial charge in [-0.05, 0) is 18.3 Å². The highest BCUT2D eigenvalue weighted by molar-refractivity contribution is 5.94. The van der Waals surface area contributed by atoms with Crippen LogP contribution in [0.15, 0.2) is 12.2 Å². The molecule has 0 aromatic carbocycles. The maximum Gasteiger partial charge on any atom is 0.337 e. The Morgan fingerprint density at radius 2 is 1.53 bits per heavy atom. The van der Waals surface area contributed by atoms with Crippen LogP contribution in [0.5, 0.6) is 0 Å². The molecule has 0 unspecified atom stereocenters. The predicted octanol–water partition coefficient (Wildman–Crippen LogP) is 2.64. The van der Waals surface area contributed by atoms with Crippen LogP contribution in [-0.2, 0) is 33.4 Å². The molecule has 12 nitrogen and oxygen atoms in total. The topological polar surface area (TPSA) is 172 Å². The monoisotopic (exact) mass is 639 g/mol. The average Bonchev–Trinajstić information content (AvgIpc) is 3.00. The molecule has 0 aromatic rings. The molecule has 4 N–H and O–H groups in total. The van der Waals surface area contributed by atoms with Crippen molar-refractivity contribution < 1.29 is 43.7 Å². The number of likely N-dealkylation sites (N-methyl/N-ethyl adjacent to an activating group) is 1. The average molecular weight is 640 g/mol. The van der Waals surface area contributed by atoms with E-state index in [0.717, 1.165) is 49.7 Å². The normalized spacial score (nSPS) is 24.2. The van der Waals surface area contributed by atoms with E-state index in [0.29, 0.717) is 6.42 Å². The van der Waals surface area contributed by atoms with Crippen LogP contribution in [0.1, 0.15) is 98.3 Å². The zero-order valence-corrected chi connectivity index (χ0v) is 28.1. The summed E-state index contributed by atoms with van der Waals surface area (Å²) >= 11 is 0. The molecule has 6 atom stereocenters. The third-order valence-corrected chi connectivity index (χ3v) is 8.24. The molecule has 1 rings (SSSR count). The number of aliphatic hydroxyl groups is 2. The number of hydrogen-bond acceptors (Lipinski definition) is 9. The van der Waals surface area contributed by atoms with Crippen molar-refractivity contribution >= 4 is 29.7 Å². The first-order chi connectivity index (χ1) is 21.3. The molecule has 0 fully saturated rings. The summed E-state index contributed by atoms with van der Waals surface area (Å²) in [5.74, 6) is -4.70. The predicted molar refractivity (Wildman–Crippen MR) is 170 cm³/mol. The molecule has 0 bridgehead atoms. The fourth-order valence-electron chi connectivity index (χ4n) is 5.32. The molecule has 0 aromatic heterocycles. The van der Waals surface area contributed by atoms with Gasteiger partial charge in [-0.15, -0.1) is 0 Å².